The van der Waals surface area contributed by atoms with Crippen molar-refractivity contribution in [3.8, 4) is 0 Å². The average Bonchev–Trinajstić information content (AvgIpc) is 3.54. The zero-order chi connectivity index (χ0) is 63.9. The van der Waals surface area contributed by atoms with E-state index in [0.717, 1.165) is 120 Å². The highest BCUT2D eigenvalue weighted by atomic mass is 31.2. The summed E-state index contributed by atoms with van der Waals surface area (Å²) in [6.45, 7) is 14.0. The van der Waals surface area contributed by atoms with Crippen LogP contribution in [-0.4, -0.2) is 96.7 Å². The molecule has 0 spiro atoms. The molecule has 0 saturated heterocycles. The summed E-state index contributed by atoms with van der Waals surface area (Å²) in [5, 5.41) is 10.6. The summed E-state index contributed by atoms with van der Waals surface area (Å²) >= 11 is 0. The molecule has 0 aromatic rings. The number of esters is 4. The van der Waals surface area contributed by atoms with Crippen LogP contribution in [0.4, 0.5) is 0 Å². The molecule has 0 aliphatic heterocycles. The van der Waals surface area contributed by atoms with Crippen LogP contribution < -0.4 is 0 Å². The van der Waals surface area contributed by atoms with Gasteiger partial charge in [-0.3, -0.25) is 37.3 Å². The highest BCUT2D eigenvalue weighted by molar-refractivity contribution is 7.47. The minimum atomic E-state index is -4.95. The number of phosphoric ester groups is 2. The highest BCUT2D eigenvalue weighted by Crippen LogP contribution is 2.45. The topological polar surface area (TPSA) is 237 Å². The van der Waals surface area contributed by atoms with Gasteiger partial charge in [-0.25, -0.2) is 9.13 Å². The lowest BCUT2D eigenvalue weighted by Gasteiger charge is -2.21. The van der Waals surface area contributed by atoms with E-state index in [4.69, 9.17) is 37.0 Å². The molecule has 510 valence electrons. The lowest BCUT2D eigenvalue weighted by atomic mass is 10.00. The van der Waals surface area contributed by atoms with Gasteiger partial charge in [0.2, 0.25) is 0 Å². The number of phosphoric acid groups is 2. The molecule has 0 rings (SSSR count). The highest BCUT2D eigenvalue weighted by Gasteiger charge is 2.30. The van der Waals surface area contributed by atoms with Crippen molar-refractivity contribution in [3.63, 3.8) is 0 Å². The smallest absolute Gasteiger partial charge is 0.462 e. The number of unbranched alkanes of at least 4 members (excludes halogenated alkanes) is 28. The van der Waals surface area contributed by atoms with Gasteiger partial charge >= 0.3 is 39.5 Å². The molecule has 86 heavy (non-hydrogen) atoms. The molecule has 19 heteroatoms. The number of carbonyl (C=O) groups excluding carboxylic acids is 4. The lowest BCUT2D eigenvalue weighted by molar-refractivity contribution is -0.161. The predicted molar refractivity (Wildman–Crippen MR) is 344 cm³/mol. The van der Waals surface area contributed by atoms with Crippen molar-refractivity contribution in [2.45, 2.75) is 343 Å². The van der Waals surface area contributed by atoms with Crippen LogP contribution in [0, 0.1) is 23.7 Å². The molecule has 3 N–H and O–H groups in total. The Morgan fingerprint density at radius 1 is 0.326 bits per heavy atom. The number of hydrogen-bond acceptors (Lipinski definition) is 15. The van der Waals surface area contributed by atoms with Crippen molar-refractivity contribution < 1.29 is 80.2 Å². The monoisotopic (exact) mass is 1270 g/mol. The van der Waals surface area contributed by atoms with Crippen molar-refractivity contribution in [3.05, 3.63) is 0 Å². The van der Waals surface area contributed by atoms with Gasteiger partial charge in [-0.1, -0.05) is 274 Å². The molecule has 0 aromatic heterocycles. The van der Waals surface area contributed by atoms with E-state index in [1.807, 2.05) is 0 Å². The maximum atomic E-state index is 13.0. The first kappa shape index (κ1) is 84.1. The van der Waals surface area contributed by atoms with E-state index in [1.54, 1.807) is 0 Å². The number of aliphatic hydroxyl groups is 1. The van der Waals surface area contributed by atoms with Crippen LogP contribution in [0.15, 0.2) is 0 Å². The quantitative estimate of drug-likeness (QED) is 0.0222. The number of ether oxygens (including phenoxy) is 4. The SMILES string of the molecule is CCC(C)CCCCCCCCC(=O)OC[C@H](COP(=O)(O)OC[C@H](O)COP(=O)(O)OC[C@@H](COC(=O)CCCCCCCCCCCCCCC(C)C)OC(=O)CCCCCCCCC(C)CC)OC(=O)CCCCCCCCCCC(C)C. The molecule has 0 bridgehead atoms. The molecule has 4 unspecified atom stereocenters. The van der Waals surface area contributed by atoms with E-state index in [9.17, 15) is 43.2 Å². The second-order valence-electron chi connectivity index (χ2n) is 25.6. The van der Waals surface area contributed by atoms with Gasteiger partial charge in [0.25, 0.3) is 0 Å². The summed E-state index contributed by atoms with van der Waals surface area (Å²) in [5.74, 6) is 0.813. The van der Waals surface area contributed by atoms with E-state index < -0.39 is 97.5 Å². The molecule has 0 aliphatic rings. The van der Waals surface area contributed by atoms with Crippen molar-refractivity contribution in [2.75, 3.05) is 39.6 Å². The minimum Gasteiger partial charge on any atom is -0.462 e. The van der Waals surface area contributed by atoms with E-state index >= 15 is 0 Å². The largest absolute Gasteiger partial charge is 0.472 e. The second-order valence-corrected chi connectivity index (χ2v) is 28.6. The molecule has 0 amide bonds. The maximum Gasteiger partial charge on any atom is 0.472 e. The normalized spacial score (nSPS) is 15.0. The number of rotatable bonds is 64. The number of aliphatic hydroxyl groups excluding tert-OH is 1. The number of hydrogen-bond donors (Lipinski definition) is 3. The van der Waals surface area contributed by atoms with Gasteiger partial charge in [-0.05, 0) is 49.4 Å². The first-order chi connectivity index (χ1) is 41.2. The van der Waals surface area contributed by atoms with Crippen LogP contribution in [0.5, 0.6) is 0 Å². The Morgan fingerprint density at radius 2 is 0.558 bits per heavy atom. The second kappa shape index (κ2) is 57.0. The Balaban J connectivity index is 5.24. The van der Waals surface area contributed by atoms with Gasteiger partial charge in [-0.2, -0.15) is 0 Å². The molecule has 0 fully saturated rings. The number of carbonyl (C=O) groups is 4. The maximum absolute atomic E-state index is 13.0. The first-order valence-electron chi connectivity index (χ1n) is 34.8. The summed E-state index contributed by atoms with van der Waals surface area (Å²) in [7, 11) is -9.90. The van der Waals surface area contributed by atoms with E-state index in [2.05, 4.69) is 55.4 Å². The van der Waals surface area contributed by atoms with Crippen molar-refractivity contribution in [1.29, 1.82) is 0 Å². The van der Waals surface area contributed by atoms with Crippen LogP contribution in [0.1, 0.15) is 325 Å². The molecular weight excluding hydrogens is 1140 g/mol. The van der Waals surface area contributed by atoms with E-state index in [0.29, 0.717) is 25.7 Å². The molecule has 17 nitrogen and oxygen atoms in total. The van der Waals surface area contributed by atoms with E-state index in [1.165, 1.54) is 122 Å². The zero-order valence-corrected chi connectivity index (χ0v) is 57.7. The third kappa shape index (κ3) is 58.4. The van der Waals surface area contributed by atoms with Gasteiger partial charge in [0, 0.05) is 25.7 Å². The predicted octanol–water partition coefficient (Wildman–Crippen LogP) is 18.5. The summed E-state index contributed by atoms with van der Waals surface area (Å²) in [5.41, 5.74) is 0. The minimum absolute atomic E-state index is 0.102. The fraction of sp³-hybridized carbons (Fsp3) is 0.940. The summed E-state index contributed by atoms with van der Waals surface area (Å²) in [6.07, 6.45) is 37.7. The molecule has 0 aliphatic carbocycles. The first-order valence-corrected chi connectivity index (χ1v) is 37.8. The average molecular weight is 1270 g/mol. The summed E-state index contributed by atoms with van der Waals surface area (Å²) in [4.78, 5) is 72.4. The Kier molecular flexibility index (Phi) is 55.7. The third-order valence-electron chi connectivity index (χ3n) is 16.0. The Morgan fingerprint density at radius 3 is 0.826 bits per heavy atom. The summed E-state index contributed by atoms with van der Waals surface area (Å²) in [6, 6.07) is 0. The van der Waals surface area contributed by atoms with Crippen molar-refractivity contribution >= 4 is 39.5 Å². The van der Waals surface area contributed by atoms with Crippen LogP contribution in [0.2, 0.25) is 0 Å². The van der Waals surface area contributed by atoms with Crippen molar-refractivity contribution in [2.24, 2.45) is 23.7 Å². The van der Waals surface area contributed by atoms with Crippen LogP contribution in [-0.2, 0) is 65.4 Å². The van der Waals surface area contributed by atoms with Crippen molar-refractivity contribution in [1.82, 2.24) is 0 Å². The van der Waals surface area contributed by atoms with Crippen LogP contribution >= 0.6 is 15.6 Å². The van der Waals surface area contributed by atoms with Gasteiger partial charge in [-0.15, -0.1) is 0 Å². The Labute approximate surface area is 524 Å². The fourth-order valence-electron chi connectivity index (χ4n) is 9.89. The molecular formula is C67H130O17P2. The summed E-state index contributed by atoms with van der Waals surface area (Å²) < 4.78 is 68.1. The third-order valence-corrected chi connectivity index (χ3v) is 17.9. The fourth-order valence-corrected chi connectivity index (χ4v) is 11.5. The molecule has 7 atom stereocenters. The Hall–Kier alpha value is -1.94. The molecule has 0 saturated carbocycles. The van der Waals surface area contributed by atoms with Gasteiger partial charge < -0.3 is 33.8 Å². The molecule has 0 heterocycles. The van der Waals surface area contributed by atoms with E-state index in [-0.39, 0.29) is 25.7 Å². The zero-order valence-electron chi connectivity index (χ0n) is 55.9. The van der Waals surface area contributed by atoms with Gasteiger partial charge in [0.15, 0.2) is 12.2 Å². The Bertz CT molecular complexity index is 1720. The van der Waals surface area contributed by atoms with Gasteiger partial charge in [0.05, 0.1) is 26.4 Å². The van der Waals surface area contributed by atoms with Crippen LogP contribution in [0.25, 0.3) is 0 Å². The van der Waals surface area contributed by atoms with Crippen LogP contribution in [0.3, 0.4) is 0 Å². The lowest BCUT2D eigenvalue weighted by Crippen LogP contribution is -2.30. The molecule has 0 radical (unpaired) electrons. The standard InChI is InChI=1S/C67H130O17P2/c1-9-59(7)45-37-29-23-25-32-40-48-65(70)78-54-62(83-66(71)49-41-33-22-18-17-20-28-36-44-58(5)6)55-81-85(73,74)79-51-61(68)52-80-86(75,76)82-56-63(84-67(72)50-42-34-26-24-30-38-46-60(8)10-2)53-77-64(69)47-39-31-21-16-14-12-11-13-15-19-27-35-43-57(3)4/h57-63,68H,9-56H2,1-8H3,(H,73,74)(H,75,76)/t59?,60?,61-,62+,63+/m0/s1. The van der Waals surface area contributed by atoms with Gasteiger partial charge in [0.1, 0.15) is 19.3 Å². The molecule has 0 aromatic carbocycles.